The fourth-order valence-electron chi connectivity index (χ4n) is 6.14. The van der Waals surface area contributed by atoms with Crippen LogP contribution in [0.3, 0.4) is 0 Å². The molecule has 0 aliphatic rings. The predicted molar refractivity (Wildman–Crippen MR) is 213 cm³/mol. The van der Waals surface area contributed by atoms with Crippen molar-refractivity contribution < 1.29 is 30.0 Å². The Labute approximate surface area is 323 Å². The van der Waals surface area contributed by atoms with E-state index in [1.54, 1.807) is 17.7 Å². The van der Waals surface area contributed by atoms with E-state index in [1.165, 1.54) is 32.7 Å². The number of aliphatic hydroxyl groups excluding tert-OH is 1. The molecule has 3 aromatic heterocycles. The summed E-state index contributed by atoms with van der Waals surface area (Å²) < 4.78 is 1.25. The molecule has 0 amide bonds. The third-order valence-electron chi connectivity index (χ3n) is 10.6. The number of fused-ring (bicyclic) bond motifs is 2. The Bertz CT molecular complexity index is 1960. The molecule has 0 unspecified atom stereocenters. The fraction of sp³-hybridized carbons (Fsp3) is 0.455. The number of carbonyl (C=O) groups excluding carboxylic acids is 1. The van der Waals surface area contributed by atoms with E-state index in [1.807, 2.05) is 47.7 Å². The summed E-state index contributed by atoms with van der Waals surface area (Å²) in [5, 5.41) is 16.0. The number of nitrogens with zero attached hydrogens (tertiary/aromatic N) is 3. The van der Waals surface area contributed by atoms with E-state index in [0.717, 1.165) is 60.1 Å². The van der Waals surface area contributed by atoms with Crippen molar-refractivity contribution in [3.63, 3.8) is 0 Å². The van der Waals surface area contributed by atoms with Gasteiger partial charge in [0.25, 0.3) is 0 Å². The number of hydrogen-bond acceptors (Lipinski definition) is 6. The molecular weight excluding hydrogens is 827 g/mol. The molecule has 7 heteroatoms. The number of carbonyl (C=O) groups is 1. The van der Waals surface area contributed by atoms with Crippen LogP contribution in [0.5, 0.6) is 0 Å². The molecule has 0 bridgehead atoms. The first-order valence-corrected chi connectivity index (χ1v) is 19.1. The van der Waals surface area contributed by atoms with Crippen LogP contribution in [0.4, 0.5) is 0 Å². The van der Waals surface area contributed by atoms with E-state index >= 15 is 0 Å². The van der Waals surface area contributed by atoms with E-state index in [-0.39, 0.29) is 47.9 Å². The molecule has 1 N–H and O–H groups in total. The number of aromatic nitrogens is 3. The van der Waals surface area contributed by atoms with Gasteiger partial charge in [0, 0.05) is 59.0 Å². The molecule has 0 aliphatic carbocycles. The van der Waals surface area contributed by atoms with Crippen LogP contribution in [-0.2, 0) is 36.7 Å². The summed E-state index contributed by atoms with van der Waals surface area (Å²) in [5.74, 6) is 0.869. The molecule has 0 saturated heterocycles. The first-order chi connectivity index (χ1) is 23.6. The molecule has 3 heterocycles. The second-order valence-electron chi connectivity index (χ2n) is 15.5. The number of allylic oxidation sites excluding steroid dienone is 2. The van der Waals surface area contributed by atoms with Crippen LogP contribution >= 0.6 is 11.3 Å². The number of pyridine rings is 1. The Kier molecular flexibility index (Phi) is 14.5. The van der Waals surface area contributed by atoms with Gasteiger partial charge in [0.15, 0.2) is 5.78 Å². The van der Waals surface area contributed by atoms with Gasteiger partial charge in [-0.25, -0.2) is 4.98 Å². The fourth-order valence-corrected chi connectivity index (χ4v) is 7.10. The van der Waals surface area contributed by atoms with Crippen molar-refractivity contribution in [1.82, 2.24) is 15.0 Å². The minimum Gasteiger partial charge on any atom is -0.512 e. The van der Waals surface area contributed by atoms with Gasteiger partial charge in [0.05, 0.1) is 11.4 Å². The van der Waals surface area contributed by atoms with Crippen LogP contribution in [0.25, 0.3) is 43.5 Å². The number of rotatable bonds is 11. The monoisotopic (exact) mass is 883 g/mol. The van der Waals surface area contributed by atoms with Crippen molar-refractivity contribution in [2.75, 3.05) is 0 Å². The molecular formula is C44H56IrN3O2S-. The average molecular weight is 883 g/mol. The number of hydrogen-bond donors (Lipinski definition) is 1. The van der Waals surface area contributed by atoms with Gasteiger partial charge in [0.2, 0.25) is 0 Å². The van der Waals surface area contributed by atoms with E-state index in [9.17, 15) is 9.90 Å². The molecule has 5 nitrogen and oxygen atoms in total. The smallest absolute Gasteiger partial charge is 0.164 e. The standard InChI is InChI=1S/C29H28N3S.C15H28O2.Ir/c1-18(2)12-21-16-33-26-10-11-30-28(27(21)26)25-15-24(31-17-32-25)20-13-19-8-6-7-9-22(19)23(14-20)29(3,4)5;1-7-14(5,8-2)12(16)11-13(17)15(6,9-3)10-4;/h6-11,14-18H,12H2,1-5H3;11,16H,7-10H2,1-6H3;/q-1;;/b;12-11-;. The van der Waals surface area contributed by atoms with Crippen molar-refractivity contribution in [3.05, 3.63) is 89.4 Å². The summed E-state index contributed by atoms with van der Waals surface area (Å²) in [6.45, 7) is 23.3. The van der Waals surface area contributed by atoms with E-state index in [0.29, 0.717) is 5.92 Å². The normalized spacial score (nSPS) is 12.5. The first-order valence-electron chi connectivity index (χ1n) is 18.2. The number of thiophene rings is 1. The van der Waals surface area contributed by atoms with Crippen LogP contribution in [0.15, 0.2) is 72.2 Å². The van der Waals surface area contributed by atoms with E-state index in [2.05, 4.69) is 98.5 Å². The number of benzene rings is 2. The van der Waals surface area contributed by atoms with Crippen LogP contribution < -0.4 is 0 Å². The molecule has 51 heavy (non-hydrogen) atoms. The average Bonchev–Trinajstić information content (AvgIpc) is 3.52. The third kappa shape index (κ3) is 9.60. The van der Waals surface area contributed by atoms with Crippen LogP contribution in [-0.4, -0.2) is 25.8 Å². The molecule has 0 aliphatic heterocycles. The Morgan fingerprint density at radius 1 is 0.882 bits per heavy atom. The van der Waals surface area contributed by atoms with Crippen molar-refractivity contribution in [3.8, 4) is 22.6 Å². The van der Waals surface area contributed by atoms with Crippen LogP contribution in [0.2, 0.25) is 0 Å². The summed E-state index contributed by atoms with van der Waals surface area (Å²) in [7, 11) is 0. The topological polar surface area (TPSA) is 76.0 Å². The van der Waals surface area contributed by atoms with Crippen molar-refractivity contribution in [2.24, 2.45) is 16.7 Å². The molecule has 1 radical (unpaired) electrons. The first kappa shape index (κ1) is 42.2. The molecule has 0 fully saturated rings. The SMILES string of the molecule is CC(C)Cc1csc2ccnc(-c3cc(-c4[c-]c5ccccc5c(C(C)(C)C)c4)ncn3)c12.CCC(C)(CC)C(=O)/C=C(\O)C(C)(CC)CC.[Ir]. The maximum Gasteiger partial charge on any atom is 0.164 e. The number of aliphatic hydroxyl groups is 1. The predicted octanol–water partition coefficient (Wildman–Crippen LogP) is 12.5. The Balaban J connectivity index is 0.000000335. The second kappa shape index (κ2) is 17.5. The zero-order chi connectivity index (χ0) is 36.9. The van der Waals surface area contributed by atoms with Gasteiger partial charge in [-0.3, -0.25) is 14.8 Å². The number of ketones is 1. The quantitative estimate of drug-likeness (QED) is 0.0812. The van der Waals surface area contributed by atoms with Crippen LogP contribution in [0, 0.1) is 22.8 Å². The molecule has 0 spiro atoms. The minimum absolute atomic E-state index is 0. The Morgan fingerprint density at radius 3 is 2.12 bits per heavy atom. The maximum absolute atomic E-state index is 12.2. The molecule has 2 aromatic carbocycles. The molecule has 5 aromatic rings. The summed E-state index contributed by atoms with van der Waals surface area (Å²) in [5.41, 5.74) is 5.70. The third-order valence-corrected chi connectivity index (χ3v) is 11.6. The minimum atomic E-state index is -0.337. The van der Waals surface area contributed by atoms with Gasteiger partial charge in [0.1, 0.15) is 12.1 Å². The molecule has 0 atom stereocenters. The summed E-state index contributed by atoms with van der Waals surface area (Å²) in [6, 6.07) is 18.5. The Hall–Kier alpha value is -3.25. The van der Waals surface area contributed by atoms with Crippen molar-refractivity contribution >= 4 is 38.0 Å². The zero-order valence-corrected chi connectivity index (χ0v) is 35.6. The van der Waals surface area contributed by atoms with Gasteiger partial charge >= 0.3 is 0 Å². The zero-order valence-electron chi connectivity index (χ0n) is 32.4. The van der Waals surface area contributed by atoms with Gasteiger partial charge < -0.3 is 5.11 Å². The van der Waals surface area contributed by atoms with Crippen molar-refractivity contribution in [1.29, 1.82) is 0 Å². The summed E-state index contributed by atoms with van der Waals surface area (Å²) >= 11 is 1.78. The van der Waals surface area contributed by atoms with Gasteiger partial charge in [-0.15, -0.1) is 40.5 Å². The van der Waals surface area contributed by atoms with Crippen LogP contribution in [0.1, 0.15) is 113 Å². The van der Waals surface area contributed by atoms with Crippen molar-refractivity contribution in [2.45, 2.75) is 114 Å². The van der Waals surface area contributed by atoms with Gasteiger partial charge in [-0.1, -0.05) is 105 Å². The largest absolute Gasteiger partial charge is 0.512 e. The summed E-state index contributed by atoms with van der Waals surface area (Å²) in [6.07, 6.45) is 9.32. The summed E-state index contributed by atoms with van der Waals surface area (Å²) in [4.78, 5) is 26.2. The maximum atomic E-state index is 12.2. The van der Waals surface area contributed by atoms with E-state index in [4.69, 9.17) is 4.98 Å². The molecule has 0 saturated carbocycles. The second-order valence-corrected chi connectivity index (χ2v) is 16.4. The molecule has 275 valence electrons. The van der Waals surface area contributed by atoms with Gasteiger partial charge in [-0.05, 0) is 66.5 Å². The van der Waals surface area contributed by atoms with E-state index < -0.39 is 0 Å². The van der Waals surface area contributed by atoms with Gasteiger partial charge in [-0.2, -0.15) is 0 Å². The Morgan fingerprint density at radius 2 is 1.51 bits per heavy atom. The molecule has 5 rings (SSSR count).